The number of carbonyl (C=O) groups excluding carboxylic acids is 1. The number of aliphatic hydroxyl groups excluding tert-OH is 2. The van der Waals surface area contributed by atoms with E-state index in [1.54, 1.807) is 0 Å². The molecule has 1 aliphatic heterocycles. The lowest BCUT2D eigenvalue weighted by Crippen LogP contribution is -2.59. The summed E-state index contributed by atoms with van der Waals surface area (Å²) in [5, 5.41) is 24.6. The first kappa shape index (κ1) is 25.9. The fourth-order valence-corrected chi connectivity index (χ4v) is 9.68. The fourth-order valence-electron chi connectivity index (χ4n) is 9.68. The molecule has 5 rings (SSSR count). The topological polar surface area (TPSA) is 82.1 Å². The van der Waals surface area contributed by atoms with Gasteiger partial charge in [0, 0.05) is 17.4 Å². The van der Waals surface area contributed by atoms with Crippen LogP contribution in [0.15, 0.2) is 11.6 Å². The molecule has 5 heteroatoms. The highest BCUT2D eigenvalue weighted by Gasteiger charge is 2.83. The van der Waals surface area contributed by atoms with Crippen molar-refractivity contribution in [2.45, 2.75) is 129 Å². The third kappa shape index (κ3) is 3.23. The van der Waals surface area contributed by atoms with Crippen LogP contribution in [-0.4, -0.2) is 52.5 Å². The Kier molecular flexibility index (Phi) is 5.65. The van der Waals surface area contributed by atoms with Gasteiger partial charge in [-0.3, -0.25) is 4.79 Å². The molecule has 35 heavy (non-hydrogen) atoms. The van der Waals surface area contributed by atoms with Gasteiger partial charge >= 0.3 is 0 Å². The quantitative estimate of drug-likeness (QED) is 0.497. The van der Waals surface area contributed by atoms with Crippen LogP contribution in [0.25, 0.3) is 0 Å². The summed E-state index contributed by atoms with van der Waals surface area (Å²) in [6.07, 6.45) is 7.74. The zero-order chi connectivity index (χ0) is 25.8. The molecule has 1 spiro atoms. The van der Waals surface area contributed by atoms with Crippen LogP contribution in [0.1, 0.15) is 99.8 Å². The third-order valence-electron chi connectivity index (χ3n) is 12.2. The van der Waals surface area contributed by atoms with Gasteiger partial charge in [0.2, 0.25) is 0 Å². The number of epoxide rings is 1. The van der Waals surface area contributed by atoms with Crippen molar-refractivity contribution in [2.24, 2.45) is 33.5 Å². The molecule has 3 N–H and O–H groups in total. The molecule has 1 heterocycles. The number of allylic oxidation sites excluding steroid dienone is 2. The second kappa shape index (κ2) is 7.65. The Morgan fingerprint density at radius 1 is 1.09 bits per heavy atom. The molecule has 0 aromatic carbocycles. The molecule has 5 aliphatic rings. The Balaban J connectivity index is 1.49. The number of aliphatic hydroxyl groups is 2. The molecule has 0 bridgehead atoms. The number of likely N-dealkylation sites (N-methyl/N-ethyl adjacent to an activating group) is 1. The molecule has 5 nitrogen and oxygen atoms in total. The molecular formula is C30H49NO4. The summed E-state index contributed by atoms with van der Waals surface area (Å²) in [4.78, 5) is 13.5. The van der Waals surface area contributed by atoms with Crippen LogP contribution in [0.3, 0.4) is 0 Å². The molecule has 0 aromatic heterocycles. The maximum atomic E-state index is 13.5. The van der Waals surface area contributed by atoms with E-state index in [1.165, 1.54) is 5.57 Å². The molecule has 0 amide bonds. The number of rotatable bonds is 4. The zero-order valence-electron chi connectivity index (χ0n) is 23.3. The van der Waals surface area contributed by atoms with E-state index in [4.69, 9.17) is 4.74 Å². The van der Waals surface area contributed by atoms with E-state index in [0.29, 0.717) is 18.9 Å². The molecule has 0 radical (unpaired) electrons. The summed E-state index contributed by atoms with van der Waals surface area (Å²) in [5.41, 5.74) is 0.803. The lowest BCUT2D eigenvalue weighted by molar-refractivity contribution is -0.145. The molecule has 4 aliphatic carbocycles. The van der Waals surface area contributed by atoms with Crippen molar-refractivity contribution < 1.29 is 19.7 Å². The van der Waals surface area contributed by atoms with Crippen molar-refractivity contribution in [1.29, 1.82) is 0 Å². The van der Waals surface area contributed by atoms with Crippen LogP contribution < -0.4 is 5.32 Å². The fraction of sp³-hybridized carbons (Fsp3) is 0.900. The maximum Gasteiger partial charge on any atom is 0.159 e. The van der Waals surface area contributed by atoms with E-state index < -0.39 is 12.2 Å². The molecule has 3 saturated carbocycles. The van der Waals surface area contributed by atoms with Crippen LogP contribution >= 0.6 is 0 Å². The first-order valence-electron chi connectivity index (χ1n) is 14.1. The lowest BCUT2D eigenvalue weighted by atomic mass is 9.43. The van der Waals surface area contributed by atoms with Crippen LogP contribution in [-0.2, 0) is 9.53 Å². The highest BCUT2D eigenvalue weighted by atomic mass is 16.6. The smallest absolute Gasteiger partial charge is 0.159 e. The van der Waals surface area contributed by atoms with E-state index in [2.05, 4.69) is 60.8 Å². The molecule has 198 valence electrons. The second-order valence-corrected chi connectivity index (χ2v) is 14.9. The Morgan fingerprint density at radius 3 is 2.40 bits per heavy atom. The first-order chi connectivity index (χ1) is 16.1. The number of carbonyl (C=O) groups is 1. The monoisotopic (exact) mass is 487 g/mol. The summed E-state index contributed by atoms with van der Waals surface area (Å²) in [6, 6.07) is 0.303. The Morgan fingerprint density at radius 2 is 1.77 bits per heavy atom. The van der Waals surface area contributed by atoms with Crippen LogP contribution in [0, 0.1) is 33.5 Å². The van der Waals surface area contributed by atoms with E-state index in [1.807, 2.05) is 6.08 Å². The van der Waals surface area contributed by atoms with E-state index in [-0.39, 0.29) is 50.5 Å². The summed E-state index contributed by atoms with van der Waals surface area (Å²) >= 11 is 0. The minimum atomic E-state index is -0.793. The van der Waals surface area contributed by atoms with E-state index >= 15 is 0 Å². The molecule has 4 fully saturated rings. The normalized spacial score (nSPS) is 51.9. The second-order valence-electron chi connectivity index (χ2n) is 14.9. The number of hydrogen-bond acceptors (Lipinski definition) is 5. The van der Waals surface area contributed by atoms with E-state index in [9.17, 15) is 15.0 Å². The van der Waals surface area contributed by atoms with Gasteiger partial charge in [-0.05, 0) is 93.6 Å². The summed E-state index contributed by atoms with van der Waals surface area (Å²) in [7, 11) is 2.08. The average molecular weight is 488 g/mol. The Hall–Kier alpha value is -0.750. The minimum absolute atomic E-state index is 0.0375. The van der Waals surface area contributed by atoms with Gasteiger partial charge in [-0.2, -0.15) is 0 Å². The predicted octanol–water partition coefficient (Wildman–Crippen LogP) is 4.79. The standard InChI is InChI=1S/C30H49NO4/c1-25(2,3)11-10-24(31-8)29(7)30(35-29)14-13-27(5)19-15-21(32)20-16-22(33)23(34)17-26(20,4)18(19)9-12-28(27,30)6/h15,18,20,22-24,31,33-34H,9-14,16-17H2,1-8H3/t18-,20-,22+,23-,24+,26+,27-,28-,29-,30+/m0/s1. The number of nitrogens with one attached hydrogen (secondary N) is 1. The van der Waals surface area contributed by atoms with Gasteiger partial charge in [0.05, 0.1) is 12.2 Å². The van der Waals surface area contributed by atoms with Crippen molar-refractivity contribution in [3.05, 3.63) is 11.6 Å². The van der Waals surface area contributed by atoms with Gasteiger partial charge in [0.15, 0.2) is 5.78 Å². The lowest BCUT2D eigenvalue weighted by Gasteiger charge is -2.60. The largest absolute Gasteiger partial charge is 0.390 e. The van der Waals surface area contributed by atoms with Crippen molar-refractivity contribution in [1.82, 2.24) is 5.32 Å². The third-order valence-corrected chi connectivity index (χ3v) is 12.2. The molecule has 10 atom stereocenters. The van der Waals surface area contributed by atoms with Crippen molar-refractivity contribution >= 4 is 5.78 Å². The van der Waals surface area contributed by atoms with Gasteiger partial charge in [-0.15, -0.1) is 0 Å². The van der Waals surface area contributed by atoms with Crippen molar-refractivity contribution in [3.63, 3.8) is 0 Å². The highest BCUT2D eigenvalue weighted by Crippen LogP contribution is 2.79. The molecule has 0 aromatic rings. The average Bonchev–Trinajstić information content (AvgIpc) is 3.30. The highest BCUT2D eigenvalue weighted by molar-refractivity contribution is 5.95. The summed E-state index contributed by atoms with van der Waals surface area (Å²) in [5.74, 6) is 0.256. The Labute approximate surface area is 212 Å². The Bertz CT molecular complexity index is 939. The maximum absolute atomic E-state index is 13.5. The first-order valence-corrected chi connectivity index (χ1v) is 14.1. The molecular weight excluding hydrogens is 438 g/mol. The number of fused-ring (bicyclic) bond motifs is 6. The summed E-state index contributed by atoms with van der Waals surface area (Å²) < 4.78 is 6.93. The molecule has 1 saturated heterocycles. The van der Waals surface area contributed by atoms with E-state index in [0.717, 1.165) is 38.5 Å². The van der Waals surface area contributed by atoms with Crippen molar-refractivity contribution in [2.75, 3.05) is 7.05 Å². The van der Waals surface area contributed by atoms with Gasteiger partial charge < -0.3 is 20.3 Å². The van der Waals surface area contributed by atoms with Crippen LogP contribution in [0.2, 0.25) is 0 Å². The zero-order valence-corrected chi connectivity index (χ0v) is 23.3. The van der Waals surface area contributed by atoms with Crippen LogP contribution in [0.5, 0.6) is 0 Å². The number of ether oxygens (including phenoxy) is 1. The minimum Gasteiger partial charge on any atom is -0.390 e. The number of hydrogen-bond donors (Lipinski definition) is 3. The van der Waals surface area contributed by atoms with Gasteiger partial charge in [0.1, 0.15) is 11.2 Å². The van der Waals surface area contributed by atoms with Crippen molar-refractivity contribution in [3.8, 4) is 0 Å². The summed E-state index contributed by atoms with van der Waals surface area (Å²) in [6.45, 7) is 16.3. The van der Waals surface area contributed by atoms with Gasteiger partial charge in [-0.1, -0.05) is 47.1 Å². The SMILES string of the molecule is CN[C@H](CCC(C)(C)C)[C@]1(C)O[C@@]12CC[C@@]1(C)C3=CC(=O)[C@@H]4C[C@@H](O)[C@@H](O)C[C@]4(C)[C@H]3CC[C@]21C. The van der Waals surface area contributed by atoms with Crippen LogP contribution in [0.4, 0.5) is 0 Å². The van der Waals surface area contributed by atoms with Gasteiger partial charge in [0.25, 0.3) is 0 Å². The molecule has 0 unspecified atom stereocenters. The number of ketones is 1. The predicted molar refractivity (Wildman–Crippen MR) is 138 cm³/mol. The van der Waals surface area contributed by atoms with Gasteiger partial charge in [-0.25, -0.2) is 0 Å².